The number of aromatic nitrogens is 1. The molecule has 0 saturated carbocycles. The van der Waals surface area contributed by atoms with Crippen molar-refractivity contribution in [2.45, 2.75) is 43.9 Å². The number of rotatable bonds is 8. The van der Waals surface area contributed by atoms with Crippen molar-refractivity contribution in [3.05, 3.63) is 75.3 Å². The second-order valence-electron chi connectivity index (χ2n) is 8.33. The summed E-state index contributed by atoms with van der Waals surface area (Å²) in [7, 11) is -3.27. The van der Waals surface area contributed by atoms with Gasteiger partial charge in [0.15, 0.2) is 20.8 Å². The number of sulfone groups is 1. The highest BCUT2D eigenvalue weighted by Crippen LogP contribution is 2.34. The molecule has 0 bridgehead atoms. The van der Waals surface area contributed by atoms with E-state index < -0.39 is 9.84 Å². The Morgan fingerprint density at radius 3 is 2.47 bits per heavy atom. The number of carbonyl (C=O) groups excluding carboxylic acids is 2. The Morgan fingerprint density at radius 1 is 1.12 bits per heavy atom. The first kappa shape index (κ1) is 24.6. The molecule has 34 heavy (non-hydrogen) atoms. The minimum absolute atomic E-state index is 0.0300. The summed E-state index contributed by atoms with van der Waals surface area (Å²) < 4.78 is 23.9. The minimum Gasteiger partial charge on any atom is -0.302 e. The zero-order chi connectivity index (χ0) is 24.3. The Labute approximate surface area is 208 Å². The van der Waals surface area contributed by atoms with Gasteiger partial charge in [-0.1, -0.05) is 54.1 Å². The molecule has 2 aromatic carbocycles. The summed E-state index contributed by atoms with van der Waals surface area (Å²) in [5, 5.41) is 3.91. The van der Waals surface area contributed by atoms with Crippen molar-refractivity contribution >= 4 is 49.6 Å². The number of thiazole rings is 1. The van der Waals surface area contributed by atoms with Crippen LogP contribution in [0.5, 0.6) is 0 Å². The summed E-state index contributed by atoms with van der Waals surface area (Å²) in [5.41, 5.74) is 2.61. The average molecular weight is 517 g/mol. The van der Waals surface area contributed by atoms with Crippen molar-refractivity contribution in [2.24, 2.45) is 5.92 Å². The van der Waals surface area contributed by atoms with E-state index in [0.29, 0.717) is 27.0 Å². The molecule has 1 aliphatic rings. The van der Waals surface area contributed by atoms with Crippen molar-refractivity contribution in [3.8, 4) is 0 Å². The van der Waals surface area contributed by atoms with Gasteiger partial charge in [-0.05, 0) is 61.1 Å². The maximum Gasteiger partial charge on any atom is 0.230 e. The normalized spacial score (nSPS) is 15.7. The molecule has 3 aromatic rings. The summed E-state index contributed by atoms with van der Waals surface area (Å²) in [6, 6.07) is 14.0. The quantitative estimate of drug-likeness (QED) is 0.447. The maximum absolute atomic E-state index is 13.0. The highest BCUT2D eigenvalue weighted by Gasteiger charge is 2.30. The number of nitrogens with zero attached hydrogens (tertiary/aromatic N) is 1. The van der Waals surface area contributed by atoms with Crippen LogP contribution in [0.3, 0.4) is 0 Å². The Hall–Kier alpha value is -2.55. The van der Waals surface area contributed by atoms with Crippen LogP contribution >= 0.6 is 22.9 Å². The number of carbonyl (C=O) groups is 2. The number of Topliss-reactive ketones (excluding diaryl/α,β-unsaturated/α-hetero) is 1. The van der Waals surface area contributed by atoms with E-state index in [1.807, 2.05) is 24.3 Å². The Kier molecular flexibility index (Phi) is 7.50. The molecule has 4 rings (SSSR count). The summed E-state index contributed by atoms with van der Waals surface area (Å²) in [6.45, 7) is 1.59. The molecule has 1 N–H and O–H groups in total. The van der Waals surface area contributed by atoms with E-state index in [0.717, 1.165) is 30.5 Å². The molecule has 0 fully saturated rings. The number of hydrogen-bond acceptors (Lipinski definition) is 6. The van der Waals surface area contributed by atoms with E-state index in [-0.39, 0.29) is 34.7 Å². The van der Waals surface area contributed by atoms with E-state index in [9.17, 15) is 18.0 Å². The van der Waals surface area contributed by atoms with Crippen molar-refractivity contribution in [2.75, 3.05) is 11.1 Å². The first-order chi connectivity index (χ1) is 16.2. The third-order valence-electron chi connectivity index (χ3n) is 5.99. The zero-order valence-corrected chi connectivity index (χ0v) is 21.1. The number of amides is 1. The third kappa shape index (κ3) is 5.74. The maximum atomic E-state index is 13.0. The van der Waals surface area contributed by atoms with Gasteiger partial charge in [-0.2, -0.15) is 0 Å². The Bertz CT molecular complexity index is 1300. The van der Waals surface area contributed by atoms with Crippen LogP contribution in [0.25, 0.3) is 0 Å². The molecule has 1 heterocycles. The third-order valence-corrected chi connectivity index (χ3v) is 9.02. The lowest BCUT2D eigenvalue weighted by Crippen LogP contribution is -2.21. The van der Waals surface area contributed by atoms with Gasteiger partial charge < -0.3 is 5.32 Å². The summed E-state index contributed by atoms with van der Waals surface area (Å²) in [4.78, 5) is 30.9. The van der Waals surface area contributed by atoms with Gasteiger partial charge in [0.1, 0.15) is 0 Å². The van der Waals surface area contributed by atoms with Crippen LogP contribution in [0.1, 0.15) is 46.3 Å². The molecular formula is C25H25ClN2O4S2. The SMILES string of the molecule is CCS(=O)(=O)c1ccc(CC(=O)Nc2nc3c(s2)C(=O)C(CCc2ccc(Cl)cc2)CC3)cc1. The summed E-state index contributed by atoms with van der Waals surface area (Å²) in [6.07, 6.45) is 3.14. The number of anilines is 1. The van der Waals surface area contributed by atoms with Gasteiger partial charge in [0.05, 0.1) is 27.6 Å². The van der Waals surface area contributed by atoms with Crippen LogP contribution < -0.4 is 5.32 Å². The Morgan fingerprint density at radius 2 is 1.79 bits per heavy atom. The lowest BCUT2D eigenvalue weighted by molar-refractivity contribution is -0.115. The summed E-state index contributed by atoms with van der Waals surface area (Å²) in [5.74, 6) is -0.183. The number of ketones is 1. The molecule has 0 spiro atoms. The average Bonchev–Trinajstić information content (AvgIpc) is 3.23. The molecule has 1 unspecified atom stereocenters. The van der Waals surface area contributed by atoms with Gasteiger partial charge in [0.2, 0.25) is 5.91 Å². The zero-order valence-electron chi connectivity index (χ0n) is 18.7. The smallest absolute Gasteiger partial charge is 0.230 e. The fraction of sp³-hybridized carbons (Fsp3) is 0.320. The molecule has 6 nitrogen and oxygen atoms in total. The first-order valence-corrected chi connectivity index (χ1v) is 14.0. The van der Waals surface area contributed by atoms with Gasteiger partial charge in [-0.15, -0.1) is 0 Å². The van der Waals surface area contributed by atoms with Crippen molar-refractivity contribution in [1.82, 2.24) is 4.98 Å². The van der Waals surface area contributed by atoms with Crippen molar-refractivity contribution < 1.29 is 18.0 Å². The topological polar surface area (TPSA) is 93.2 Å². The monoisotopic (exact) mass is 516 g/mol. The van der Waals surface area contributed by atoms with Gasteiger partial charge in [0, 0.05) is 10.9 Å². The number of hydrogen-bond donors (Lipinski definition) is 1. The second kappa shape index (κ2) is 10.4. The van der Waals surface area contributed by atoms with Gasteiger partial charge in [-0.25, -0.2) is 13.4 Å². The number of fused-ring (bicyclic) bond motifs is 1. The van der Waals surface area contributed by atoms with E-state index in [1.54, 1.807) is 19.1 Å². The van der Waals surface area contributed by atoms with Crippen LogP contribution in [-0.4, -0.2) is 30.8 Å². The van der Waals surface area contributed by atoms with E-state index >= 15 is 0 Å². The van der Waals surface area contributed by atoms with Gasteiger partial charge in [0.25, 0.3) is 0 Å². The molecule has 0 aliphatic heterocycles. The number of nitrogens with one attached hydrogen (secondary N) is 1. The predicted molar refractivity (Wildman–Crippen MR) is 135 cm³/mol. The van der Waals surface area contributed by atoms with Gasteiger partial charge >= 0.3 is 0 Å². The molecule has 178 valence electrons. The van der Waals surface area contributed by atoms with E-state index in [4.69, 9.17) is 11.6 Å². The lowest BCUT2D eigenvalue weighted by Gasteiger charge is -2.19. The molecule has 0 saturated heterocycles. The van der Waals surface area contributed by atoms with E-state index in [1.165, 1.54) is 23.5 Å². The molecule has 1 amide bonds. The predicted octanol–water partition coefficient (Wildman–Crippen LogP) is 5.15. The van der Waals surface area contributed by atoms with E-state index in [2.05, 4.69) is 10.3 Å². The largest absolute Gasteiger partial charge is 0.302 e. The second-order valence-corrected chi connectivity index (χ2v) is 12.0. The molecule has 1 aromatic heterocycles. The molecular weight excluding hydrogens is 492 g/mol. The van der Waals surface area contributed by atoms with Crippen molar-refractivity contribution in [3.63, 3.8) is 0 Å². The number of aryl methyl sites for hydroxylation is 2. The molecule has 1 aliphatic carbocycles. The molecule has 1 atom stereocenters. The first-order valence-electron chi connectivity index (χ1n) is 11.1. The van der Waals surface area contributed by atoms with Crippen LogP contribution in [0.15, 0.2) is 53.4 Å². The molecule has 0 radical (unpaired) electrons. The fourth-order valence-electron chi connectivity index (χ4n) is 3.99. The van der Waals surface area contributed by atoms with Crippen molar-refractivity contribution in [1.29, 1.82) is 0 Å². The fourth-order valence-corrected chi connectivity index (χ4v) is 6.05. The summed E-state index contributed by atoms with van der Waals surface area (Å²) >= 11 is 7.17. The minimum atomic E-state index is -3.27. The highest BCUT2D eigenvalue weighted by atomic mass is 35.5. The number of halogens is 1. The van der Waals surface area contributed by atoms with Crippen LogP contribution in [-0.2, 0) is 33.9 Å². The van der Waals surface area contributed by atoms with Gasteiger partial charge in [-0.3, -0.25) is 9.59 Å². The molecule has 9 heteroatoms. The van der Waals surface area contributed by atoms with Crippen LogP contribution in [0, 0.1) is 5.92 Å². The van der Waals surface area contributed by atoms with Crippen LogP contribution in [0.4, 0.5) is 5.13 Å². The lowest BCUT2D eigenvalue weighted by atomic mass is 9.85. The highest BCUT2D eigenvalue weighted by molar-refractivity contribution is 7.91. The Balaban J connectivity index is 1.35. The standard InChI is InChI=1S/C25H25ClN2O4S2/c1-2-34(31,32)20-12-6-17(7-13-20)15-22(29)28-25-27-21-14-9-18(23(30)24(21)33-25)8-3-16-4-10-19(26)11-5-16/h4-7,10-13,18H,2-3,8-9,14-15H2,1H3,(H,27,28,29). The number of benzene rings is 2. The van der Waals surface area contributed by atoms with Crippen LogP contribution in [0.2, 0.25) is 5.02 Å².